The summed E-state index contributed by atoms with van der Waals surface area (Å²) in [6.45, 7) is 3.26. The Morgan fingerprint density at radius 2 is 1.75 bits per heavy atom. The summed E-state index contributed by atoms with van der Waals surface area (Å²) in [6.07, 6.45) is -4.64. The number of hydrogen-bond donors (Lipinski definition) is 1. The molecule has 0 aliphatic carbocycles. The Kier molecular flexibility index (Phi) is 6.11. The molecular formula is C22H23NO9. The Morgan fingerprint density at radius 3 is 2.41 bits per heavy atom. The van der Waals surface area contributed by atoms with E-state index in [9.17, 15) is 20.0 Å². The van der Waals surface area contributed by atoms with Crippen LogP contribution in [0, 0.1) is 10.1 Å². The average Bonchev–Trinajstić information content (AvgIpc) is 3.11. The van der Waals surface area contributed by atoms with E-state index in [1.54, 1.807) is 44.2 Å². The van der Waals surface area contributed by atoms with Crippen LogP contribution in [0.4, 0.5) is 5.69 Å². The fraction of sp³-hybridized carbons (Fsp3) is 0.409. The molecule has 0 saturated carbocycles. The van der Waals surface area contributed by atoms with E-state index < -0.39 is 47.4 Å². The number of fused-ring (bicyclic) bond motifs is 1. The van der Waals surface area contributed by atoms with Crippen LogP contribution in [0.3, 0.4) is 0 Å². The molecule has 0 amide bonds. The number of nitrogens with zero attached hydrogens (tertiary/aromatic N) is 1. The van der Waals surface area contributed by atoms with Gasteiger partial charge < -0.3 is 28.8 Å². The number of ether oxygens (including phenoxy) is 5. The molecule has 0 unspecified atom stereocenters. The second-order valence-corrected chi connectivity index (χ2v) is 7.93. The monoisotopic (exact) mass is 445 g/mol. The maximum Gasteiger partial charge on any atom is 0.338 e. The van der Waals surface area contributed by atoms with Crippen LogP contribution in [0.2, 0.25) is 0 Å². The molecule has 0 spiro atoms. The normalized spacial score (nSPS) is 28.5. The van der Waals surface area contributed by atoms with Gasteiger partial charge >= 0.3 is 5.97 Å². The highest BCUT2D eigenvalue weighted by Gasteiger charge is 2.56. The lowest BCUT2D eigenvalue weighted by Gasteiger charge is -2.39. The van der Waals surface area contributed by atoms with Crippen molar-refractivity contribution in [1.82, 2.24) is 0 Å². The van der Waals surface area contributed by atoms with Crippen LogP contribution in [-0.2, 0) is 18.9 Å². The van der Waals surface area contributed by atoms with Gasteiger partial charge in [0.05, 0.1) is 10.5 Å². The predicted molar refractivity (Wildman–Crippen MR) is 109 cm³/mol. The van der Waals surface area contributed by atoms with Crippen LogP contribution in [0.1, 0.15) is 24.2 Å². The number of nitro groups is 1. The fourth-order valence-corrected chi connectivity index (χ4v) is 3.68. The summed E-state index contributed by atoms with van der Waals surface area (Å²) >= 11 is 0. The van der Waals surface area contributed by atoms with E-state index in [0.717, 1.165) is 0 Å². The molecule has 2 aliphatic heterocycles. The lowest BCUT2D eigenvalue weighted by Crippen LogP contribution is -2.59. The molecule has 2 fully saturated rings. The first-order valence-electron chi connectivity index (χ1n) is 10.1. The molecule has 170 valence electrons. The molecule has 2 heterocycles. The molecule has 2 saturated heterocycles. The Balaban J connectivity index is 1.48. The zero-order chi connectivity index (χ0) is 22.9. The Morgan fingerprint density at radius 1 is 1.09 bits per heavy atom. The first-order chi connectivity index (χ1) is 15.2. The van der Waals surface area contributed by atoms with E-state index in [4.69, 9.17) is 23.7 Å². The quantitative estimate of drug-likeness (QED) is 0.405. The van der Waals surface area contributed by atoms with Gasteiger partial charge in [0, 0.05) is 12.1 Å². The van der Waals surface area contributed by atoms with Crippen LogP contribution >= 0.6 is 0 Å². The minimum atomic E-state index is -1.21. The lowest BCUT2D eigenvalue weighted by molar-refractivity contribution is -0.384. The van der Waals surface area contributed by atoms with Crippen molar-refractivity contribution in [2.45, 2.75) is 50.3 Å². The molecule has 4 rings (SSSR count). The van der Waals surface area contributed by atoms with Gasteiger partial charge in [-0.1, -0.05) is 18.2 Å². The van der Waals surface area contributed by atoms with Crippen LogP contribution in [0.25, 0.3) is 0 Å². The summed E-state index contributed by atoms with van der Waals surface area (Å²) in [5.74, 6) is -1.25. The summed E-state index contributed by atoms with van der Waals surface area (Å²) < 4.78 is 28.8. The fourth-order valence-electron chi connectivity index (χ4n) is 3.68. The van der Waals surface area contributed by atoms with Crippen molar-refractivity contribution >= 4 is 11.7 Å². The first kappa shape index (κ1) is 22.2. The van der Waals surface area contributed by atoms with Gasteiger partial charge in [0.25, 0.3) is 5.69 Å². The molecule has 0 radical (unpaired) electrons. The molecule has 32 heavy (non-hydrogen) atoms. The van der Waals surface area contributed by atoms with Crippen molar-refractivity contribution in [3.8, 4) is 5.75 Å². The van der Waals surface area contributed by atoms with Crippen molar-refractivity contribution in [1.29, 1.82) is 0 Å². The summed E-state index contributed by atoms with van der Waals surface area (Å²) in [5.41, 5.74) is 0.296. The molecule has 10 nitrogen and oxygen atoms in total. The standard InChI is InChI=1S/C22H23NO9/c1-22(2)31-18-16(12-28-20(25)13-6-4-3-5-7-13)30-21(17(24)19(18)32-22)29-15-10-8-14(9-11-15)23(26)27/h3-11,16-19,21,24H,12H2,1-2H3/t16-,17-,18+,19-,21+/m1/s1. The number of aliphatic hydroxyl groups is 1. The number of carbonyl (C=O) groups excluding carboxylic acids is 1. The predicted octanol–water partition coefficient (Wildman–Crippen LogP) is 2.44. The van der Waals surface area contributed by atoms with Gasteiger partial charge in [-0.25, -0.2) is 4.79 Å². The van der Waals surface area contributed by atoms with Crippen molar-refractivity contribution in [2.75, 3.05) is 6.61 Å². The molecule has 5 atom stereocenters. The maximum absolute atomic E-state index is 12.3. The van der Waals surface area contributed by atoms with Gasteiger partial charge in [0.1, 0.15) is 36.8 Å². The van der Waals surface area contributed by atoms with Gasteiger partial charge in [-0.2, -0.15) is 0 Å². The lowest BCUT2D eigenvalue weighted by atomic mass is 9.99. The van der Waals surface area contributed by atoms with E-state index >= 15 is 0 Å². The smallest absolute Gasteiger partial charge is 0.338 e. The van der Waals surface area contributed by atoms with Gasteiger partial charge in [0.2, 0.25) is 6.29 Å². The molecule has 0 bridgehead atoms. The topological polar surface area (TPSA) is 127 Å². The maximum atomic E-state index is 12.3. The van der Waals surface area contributed by atoms with Crippen LogP contribution in [0.15, 0.2) is 54.6 Å². The molecule has 1 N–H and O–H groups in total. The highest BCUT2D eigenvalue weighted by molar-refractivity contribution is 5.89. The number of non-ortho nitro benzene ring substituents is 1. The summed E-state index contributed by atoms with van der Waals surface area (Å²) in [5, 5.41) is 21.6. The Labute approximate surface area is 183 Å². The molecular weight excluding hydrogens is 422 g/mol. The number of aliphatic hydroxyl groups excluding tert-OH is 1. The highest BCUT2D eigenvalue weighted by atomic mass is 16.8. The van der Waals surface area contributed by atoms with E-state index in [2.05, 4.69) is 0 Å². The second-order valence-electron chi connectivity index (χ2n) is 7.93. The SMILES string of the molecule is CC1(C)O[C@@H]2[C@@H](O)[C@@H](Oc3ccc([N+](=O)[O-])cc3)O[C@H](COC(=O)c3ccccc3)[C@@H]2O1. The third kappa shape index (κ3) is 4.73. The number of benzene rings is 2. The van der Waals surface area contributed by atoms with Gasteiger partial charge in [-0.15, -0.1) is 0 Å². The number of rotatable bonds is 6. The molecule has 0 aromatic heterocycles. The molecule has 2 aliphatic rings. The van der Waals surface area contributed by atoms with Crippen molar-refractivity contribution in [3.63, 3.8) is 0 Å². The van der Waals surface area contributed by atoms with E-state index in [-0.39, 0.29) is 18.0 Å². The van der Waals surface area contributed by atoms with Crippen LogP contribution in [0.5, 0.6) is 5.75 Å². The van der Waals surface area contributed by atoms with Gasteiger partial charge in [-0.3, -0.25) is 10.1 Å². The Bertz CT molecular complexity index is 963. The van der Waals surface area contributed by atoms with E-state index in [1.807, 2.05) is 0 Å². The first-order valence-corrected chi connectivity index (χ1v) is 10.1. The summed E-state index contributed by atoms with van der Waals surface area (Å²) in [4.78, 5) is 22.7. The molecule has 2 aromatic rings. The molecule has 10 heteroatoms. The number of carbonyl (C=O) groups is 1. The van der Waals surface area contributed by atoms with Crippen molar-refractivity contribution in [2.24, 2.45) is 0 Å². The van der Waals surface area contributed by atoms with Crippen LogP contribution < -0.4 is 4.74 Å². The van der Waals surface area contributed by atoms with Gasteiger partial charge in [0.15, 0.2) is 5.79 Å². The second kappa shape index (κ2) is 8.83. The number of hydrogen-bond acceptors (Lipinski definition) is 9. The number of esters is 1. The van der Waals surface area contributed by atoms with E-state index in [1.165, 1.54) is 24.3 Å². The molecule has 2 aromatic carbocycles. The van der Waals surface area contributed by atoms with Crippen molar-refractivity contribution in [3.05, 3.63) is 70.3 Å². The third-order valence-electron chi connectivity index (χ3n) is 5.14. The Hall–Kier alpha value is -3.05. The van der Waals surface area contributed by atoms with E-state index in [0.29, 0.717) is 5.56 Å². The van der Waals surface area contributed by atoms with Crippen LogP contribution in [-0.4, -0.2) is 59.1 Å². The van der Waals surface area contributed by atoms with Crippen molar-refractivity contribution < 1.29 is 38.5 Å². The largest absolute Gasteiger partial charge is 0.462 e. The number of nitro benzene ring substituents is 1. The van der Waals surface area contributed by atoms with Gasteiger partial charge in [-0.05, 0) is 38.1 Å². The third-order valence-corrected chi connectivity index (χ3v) is 5.14. The zero-order valence-corrected chi connectivity index (χ0v) is 17.5. The zero-order valence-electron chi connectivity index (χ0n) is 17.5. The summed E-state index contributed by atoms with van der Waals surface area (Å²) in [7, 11) is 0. The average molecular weight is 445 g/mol. The minimum absolute atomic E-state index is 0.0949. The summed E-state index contributed by atoms with van der Waals surface area (Å²) in [6, 6.07) is 13.9. The minimum Gasteiger partial charge on any atom is -0.462 e. The highest BCUT2D eigenvalue weighted by Crippen LogP contribution is 2.38.